The Morgan fingerprint density at radius 3 is 2.74 bits per heavy atom. The van der Waals surface area contributed by atoms with Gasteiger partial charge in [-0.25, -0.2) is 0 Å². The normalized spacial score (nSPS) is 12.4. The van der Waals surface area contributed by atoms with E-state index in [0.717, 1.165) is 11.5 Å². The smallest absolute Gasteiger partial charge is 0.142 e. The van der Waals surface area contributed by atoms with Crippen molar-refractivity contribution >= 4 is 17.2 Å². The largest absolute Gasteiger partial charge is 0.361 e. The van der Waals surface area contributed by atoms with Gasteiger partial charge in [-0.2, -0.15) is 10.4 Å². The van der Waals surface area contributed by atoms with Gasteiger partial charge in [0.05, 0.1) is 11.7 Å². The fourth-order valence-corrected chi connectivity index (χ4v) is 3.09. The molecule has 1 unspecified atom stereocenters. The molecule has 0 aromatic carbocycles. The second-order valence-corrected chi connectivity index (χ2v) is 5.91. The Labute approximate surface area is 117 Å². The van der Waals surface area contributed by atoms with Crippen LogP contribution in [0.5, 0.6) is 0 Å². The molecular formula is C14H18N4S. The molecule has 0 spiro atoms. The highest BCUT2D eigenvalue weighted by molar-refractivity contribution is 7.10. The Bertz CT molecular complexity index is 590. The molecule has 100 valence electrons. The van der Waals surface area contributed by atoms with Crippen molar-refractivity contribution in [3.63, 3.8) is 0 Å². The number of hydrogen-bond donors (Lipinski definition) is 1. The molecule has 0 bridgehead atoms. The molecular weight excluding hydrogens is 256 g/mol. The number of hydrogen-bond acceptors (Lipinski definition) is 4. The van der Waals surface area contributed by atoms with Gasteiger partial charge in [-0.05, 0) is 24.3 Å². The summed E-state index contributed by atoms with van der Waals surface area (Å²) in [6, 6.07) is 6.60. The van der Waals surface area contributed by atoms with Crippen LogP contribution in [0.2, 0.25) is 0 Å². The summed E-state index contributed by atoms with van der Waals surface area (Å²) < 4.78 is 1.75. The van der Waals surface area contributed by atoms with Crippen molar-refractivity contribution in [2.24, 2.45) is 13.0 Å². The standard InChI is InChI=1S/C14H18N4S/c1-9(2)13(12-6-5-7-19-12)16-14-11(8-15)10(3)17-18(14)4/h5-7,9,13,16H,1-4H3. The third-order valence-corrected chi connectivity index (χ3v) is 4.10. The molecule has 0 aliphatic carbocycles. The van der Waals surface area contributed by atoms with E-state index in [1.165, 1.54) is 4.88 Å². The zero-order valence-corrected chi connectivity index (χ0v) is 12.5. The van der Waals surface area contributed by atoms with Crippen LogP contribution in [0, 0.1) is 24.2 Å². The van der Waals surface area contributed by atoms with Crippen LogP contribution in [0.3, 0.4) is 0 Å². The van der Waals surface area contributed by atoms with Gasteiger partial charge in [-0.15, -0.1) is 11.3 Å². The van der Waals surface area contributed by atoms with Crippen molar-refractivity contribution in [2.75, 3.05) is 5.32 Å². The molecule has 0 aliphatic rings. The third-order valence-electron chi connectivity index (χ3n) is 3.14. The van der Waals surface area contributed by atoms with Crippen LogP contribution in [-0.4, -0.2) is 9.78 Å². The lowest BCUT2D eigenvalue weighted by Crippen LogP contribution is -2.18. The van der Waals surface area contributed by atoms with Crippen LogP contribution in [0.4, 0.5) is 5.82 Å². The van der Waals surface area contributed by atoms with Crippen molar-refractivity contribution < 1.29 is 0 Å². The molecule has 5 heteroatoms. The zero-order chi connectivity index (χ0) is 14.0. The van der Waals surface area contributed by atoms with Crippen molar-refractivity contribution in [1.29, 1.82) is 5.26 Å². The summed E-state index contributed by atoms with van der Waals surface area (Å²) >= 11 is 1.73. The maximum atomic E-state index is 9.25. The van der Waals surface area contributed by atoms with E-state index in [-0.39, 0.29) is 6.04 Å². The van der Waals surface area contributed by atoms with Crippen molar-refractivity contribution in [1.82, 2.24) is 9.78 Å². The minimum Gasteiger partial charge on any atom is -0.361 e. The molecule has 1 N–H and O–H groups in total. The number of nitriles is 1. The number of aryl methyl sites for hydroxylation is 2. The van der Waals surface area contributed by atoms with Gasteiger partial charge in [0.15, 0.2) is 0 Å². The molecule has 0 amide bonds. The Kier molecular flexibility index (Phi) is 3.91. The molecule has 4 nitrogen and oxygen atoms in total. The van der Waals surface area contributed by atoms with Gasteiger partial charge in [-0.1, -0.05) is 19.9 Å². The van der Waals surface area contributed by atoms with Crippen LogP contribution < -0.4 is 5.32 Å². The SMILES string of the molecule is Cc1nn(C)c(NC(c2cccs2)C(C)C)c1C#N. The van der Waals surface area contributed by atoms with E-state index >= 15 is 0 Å². The molecule has 0 saturated heterocycles. The lowest BCUT2D eigenvalue weighted by atomic mass is 10.0. The Hall–Kier alpha value is -1.80. The molecule has 19 heavy (non-hydrogen) atoms. The van der Waals surface area contributed by atoms with Gasteiger partial charge in [0, 0.05) is 11.9 Å². The summed E-state index contributed by atoms with van der Waals surface area (Å²) in [5, 5.41) is 19.1. The quantitative estimate of drug-likeness (QED) is 0.928. The van der Waals surface area contributed by atoms with Gasteiger partial charge >= 0.3 is 0 Å². The van der Waals surface area contributed by atoms with Crippen LogP contribution in [0.15, 0.2) is 17.5 Å². The van der Waals surface area contributed by atoms with Crippen molar-refractivity contribution in [3.05, 3.63) is 33.6 Å². The van der Waals surface area contributed by atoms with Gasteiger partial charge in [0.2, 0.25) is 0 Å². The highest BCUT2D eigenvalue weighted by Crippen LogP contribution is 2.31. The highest BCUT2D eigenvalue weighted by Gasteiger charge is 2.21. The van der Waals surface area contributed by atoms with Gasteiger partial charge in [0.25, 0.3) is 0 Å². The second-order valence-electron chi connectivity index (χ2n) is 4.93. The first-order valence-corrected chi connectivity index (χ1v) is 7.16. The zero-order valence-electron chi connectivity index (χ0n) is 11.6. The predicted molar refractivity (Wildman–Crippen MR) is 78.2 cm³/mol. The van der Waals surface area contributed by atoms with E-state index in [4.69, 9.17) is 0 Å². The average molecular weight is 274 g/mol. The maximum Gasteiger partial charge on any atom is 0.142 e. The lowest BCUT2D eigenvalue weighted by Gasteiger charge is -2.22. The van der Waals surface area contributed by atoms with Crippen LogP contribution in [0.1, 0.15) is 36.0 Å². The molecule has 2 aromatic heterocycles. The molecule has 2 heterocycles. The predicted octanol–water partition coefficient (Wildman–Crippen LogP) is 3.47. The van der Waals surface area contributed by atoms with E-state index in [1.54, 1.807) is 16.0 Å². The van der Waals surface area contributed by atoms with Crippen LogP contribution in [-0.2, 0) is 7.05 Å². The highest BCUT2D eigenvalue weighted by atomic mass is 32.1. The first-order valence-electron chi connectivity index (χ1n) is 6.28. The summed E-state index contributed by atoms with van der Waals surface area (Å²) in [6.45, 7) is 6.21. The molecule has 2 rings (SSSR count). The van der Waals surface area contributed by atoms with E-state index in [9.17, 15) is 5.26 Å². The first kappa shape index (κ1) is 13.6. The number of nitrogens with one attached hydrogen (secondary N) is 1. The van der Waals surface area contributed by atoms with E-state index < -0.39 is 0 Å². The molecule has 1 atom stereocenters. The molecule has 2 aromatic rings. The topological polar surface area (TPSA) is 53.6 Å². The van der Waals surface area contributed by atoms with Gasteiger partial charge < -0.3 is 5.32 Å². The molecule has 0 saturated carbocycles. The van der Waals surface area contributed by atoms with Crippen molar-refractivity contribution in [3.8, 4) is 6.07 Å². The fourth-order valence-electron chi connectivity index (χ4n) is 2.14. The summed E-state index contributed by atoms with van der Waals surface area (Å²) in [5.74, 6) is 1.23. The summed E-state index contributed by atoms with van der Waals surface area (Å²) in [5.41, 5.74) is 1.39. The summed E-state index contributed by atoms with van der Waals surface area (Å²) in [6.07, 6.45) is 0. The second kappa shape index (κ2) is 5.45. The van der Waals surface area contributed by atoms with Gasteiger partial charge in [0.1, 0.15) is 17.5 Å². The minimum absolute atomic E-state index is 0.196. The number of nitrogens with zero attached hydrogens (tertiary/aromatic N) is 3. The van der Waals surface area contributed by atoms with Crippen LogP contribution >= 0.6 is 11.3 Å². The summed E-state index contributed by atoms with van der Waals surface area (Å²) in [7, 11) is 1.86. The van der Waals surface area contributed by atoms with E-state index in [2.05, 4.69) is 47.8 Å². The van der Waals surface area contributed by atoms with Gasteiger partial charge in [-0.3, -0.25) is 4.68 Å². The first-order chi connectivity index (χ1) is 9.04. The Morgan fingerprint density at radius 2 is 2.21 bits per heavy atom. The molecule has 0 radical (unpaired) electrons. The molecule has 0 aliphatic heterocycles. The fraction of sp³-hybridized carbons (Fsp3) is 0.429. The summed E-state index contributed by atoms with van der Waals surface area (Å²) in [4.78, 5) is 1.28. The maximum absolute atomic E-state index is 9.25. The average Bonchev–Trinajstić information content (AvgIpc) is 2.94. The minimum atomic E-state index is 0.196. The molecule has 0 fully saturated rings. The van der Waals surface area contributed by atoms with Crippen LogP contribution in [0.25, 0.3) is 0 Å². The number of thiophene rings is 1. The van der Waals surface area contributed by atoms with Crippen molar-refractivity contribution in [2.45, 2.75) is 26.8 Å². The monoisotopic (exact) mass is 274 g/mol. The number of anilines is 1. The lowest BCUT2D eigenvalue weighted by molar-refractivity contribution is 0.547. The Morgan fingerprint density at radius 1 is 1.47 bits per heavy atom. The third kappa shape index (κ3) is 2.64. The number of aromatic nitrogens is 2. The van der Waals surface area contributed by atoms with E-state index in [1.807, 2.05) is 14.0 Å². The number of rotatable bonds is 4. The van der Waals surface area contributed by atoms with E-state index in [0.29, 0.717) is 11.5 Å². The Balaban J connectivity index is 2.36.